The van der Waals surface area contributed by atoms with E-state index in [-0.39, 0.29) is 11.8 Å². The molecule has 1 aliphatic rings. The predicted molar refractivity (Wildman–Crippen MR) is 110 cm³/mol. The fraction of sp³-hybridized carbons (Fsp3) is 0.522. The van der Waals surface area contributed by atoms with Crippen LogP contribution in [0.3, 0.4) is 0 Å². The third-order valence-electron chi connectivity index (χ3n) is 4.49. The van der Waals surface area contributed by atoms with Crippen LogP contribution in [0, 0.1) is 0 Å². The van der Waals surface area contributed by atoms with E-state index in [2.05, 4.69) is 17.7 Å². The largest absolute Gasteiger partial charge is 0.469 e. The van der Waals surface area contributed by atoms with Crippen LogP contribution < -0.4 is 0 Å². The first kappa shape index (κ1) is 23.6. The molecule has 1 aliphatic carbocycles. The monoisotopic (exact) mass is 388 g/mol. The molecule has 1 rings (SSSR count). The molecule has 0 N–H and O–H groups in total. The van der Waals surface area contributed by atoms with Gasteiger partial charge in [0.25, 0.3) is 0 Å². The fourth-order valence-electron chi connectivity index (χ4n) is 3.00. The molecule has 0 saturated carbocycles. The van der Waals surface area contributed by atoms with Crippen molar-refractivity contribution in [3.8, 4) is 0 Å². The minimum Gasteiger partial charge on any atom is -0.469 e. The van der Waals surface area contributed by atoms with E-state index in [9.17, 15) is 14.4 Å². The summed E-state index contributed by atoms with van der Waals surface area (Å²) in [7, 11) is 1.37. The van der Waals surface area contributed by atoms with E-state index in [4.69, 9.17) is 4.74 Å². The normalized spacial score (nSPS) is 20.5. The van der Waals surface area contributed by atoms with Gasteiger partial charge in [-0.15, -0.1) is 0 Å². The number of rotatable bonds is 12. The molecule has 5 nitrogen and oxygen atoms in total. The first-order valence-corrected chi connectivity index (χ1v) is 9.97. The van der Waals surface area contributed by atoms with E-state index in [1.54, 1.807) is 18.2 Å². The Hall–Kier alpha value is -2.43. The van der Waals surface area contributed by atoms with E-state index in [1.165, 1.54) is 33.0 Å². The number of hydrogen-bond acceptors (Lipinski definition) is 5. The van der Waals surface area contributed by atoms with Gasteiger partial charge in [0.15, 0.2) is 11.4 Å². The molecule has 0 radical (unpaired) electrons. The second-order valence-corrected chi connectivity index (χ2v) is 6.83. The Balaban J connectivity index is 2.79. The zero-order chi connectivity index (χ0) is 20.8. The highest BCUT2D eigenvalue weighted by atomic mass is 16.6. The highest BCUT2D eigenvalue weighted by molar-refractivity contribution is 6.09. The SMILES string of the molecule is CCCCC/C=C\C[C@@]1(OC(C)=O)C=CC(=O)/C1=C/C=C\CCCC(=O)OC. The smallest absolute Gasteiger partial charge is 0.305 e. The fourth-order valence-corrected chi connectivity index (χ4v) is 3.00. The number of carbonyl (C=O) groups excluding carboxylic acids is 3. The van der Waals surface area contributed by atoms with Crippen LogP contribution in [-0.2, 0) is 23.9 Å². The molecule has 0 unspecified atom stereocenters. The summed E-state index contributed by atoms with van der Waals surface area (Å²) in [5.41, 5.74) is -0.592. The van der Waals surface area contributed by atoms with Gasteiger partial charge in [0.2, 0.25) is 0 Å². The molecule has 0 bridgehead atoms. The summed E-state index contributed by atoms with van der Waals surface area (Å²) >= 11 is 0. The van der Waals surface area contributed by atoms with Crippen molar-refractivity contribution in [2.24, 2.45) is 0 Å². The van der Waals surface area contributed by atoms with Gasteiger partial charge in [0, 0.05) is 25.3 Å². The molecular formula is C23H32O5. The zero-order valence-corrected chi connectivity index (χ0v) is 17.2. The minimum absolute atomic E-state index is 0.153. The molecule has 0 aromatic heterocycles. The molecule has 0 saturated heterocycles. The average molecular weight is 389 g/mol. The van der Waals surface area contributed by atoms with Gasteiger partial charge in [0.1, 0.15) is 0 Å². The van der Waals surface area contributed by atoms with E-state index < -0.39 is 11.6 Å². The van der Waals surface area contributed by atoms with E-state index >= 15 is 0 Å². The first-order chi connectivity index (χ1) is 13.4. The maximum atomic E-state index is 12.3. The summed E-state index contributed by atoms with van der Waals surface area (Å²) in [6.45, 7) is 3.51. The summed E-state index contributed by atoms with van der Waals surface area (Å²) in [6, 6.07) is 0. The summed E-state index contributed by atoms with van der Waals surface area (Å²) in [5.74, 6) is -0.812. The van der Waals surface area contributed by atoms with Gasteiger partial charge in [-0.3, -0.25) is 14.4 Å². The Morgan fingerprint density at radius 2 is 1.86 bits per heavy atom. The molecule has 0 spiro atoms. The van der Waals surface area contributed by atoms with Crippen molar-refractivity contribution in [1.29, 1.82) is 0 Å². The lowest BCUT2D eigenvalue weighted by molar-refractivity contribution is -0.149. The number of allylic oxidation sites excluding steroid dienone is 5. The van der Waals surface area contributed by atoms with Crippen LogP contribution in [0.1, 0.15) is 65.2 Å². The van der Waals surface area contributed by atoms with Crippen molar-refractivity contribution >= 4 is 17.7 Å². The van der Waals surface area contributed by atoms with Crippen LogP contribution in [0.2, 0.25) is 0 Å². The van der Waals surface area contributed by atoms with Crippen molar-refractivity contribution in [3.05, 3.63) is 48.1 Å². The van der Waals surface area contributed by atoms with Gasteiger partial charge < -0.3 is 9.47 Å². The quantitative estimate of drug-likeness (QED) is 0.208. The van der Waals surface area contributed by atoms with Gasteiger partial charge in [0.05, 0.1) is 7.11 Å². The van der Waals surface area contributed by atoms with Crippen LogP contribution in [-0.4, -0.2) is 30.4 Å². The lowest BCUT2D eigenvalue weighted by Crippen LogP contribution is -2.33. The standard InChI is InChI=1S/C23H32O5/c1-4-5-6-7-10-13-17-23(28-19(2)24)18-16-21(25)20(23)14-11-8-9-12-15-22(26)27-3/h8,10-11,13-14,16,18H,4-7,9,12,15,17H2,1-3H3/b11-8-,13-10-,20-14-/t23-/m1/s1. The van der Waals surface area contributed by atoms with E-state index in [0.717, 1.165) is 12.8 Å². The number of esters is 2. The maximum absolute atomic E-state index is 12.3. The Labute approximate surface area is 168 Å². The molecule has 0 aromatic carbocycles. The summed E-state index contributed by atoms with van der Waals surface area (Å²) in [5, 5.41) is 0. The van der Waals surface area contributed by atoms with Crippen LogP contribution >= 0.6 is 0 Å². The van der Waals surface area contributed by atoms with Crippen molar-refractivity contribution in [2.45, 2.75) is 70.8 Å². The number of carbonyl (C=O) groups is 3. The lowest BCUT2D eigenvalue weighted by atomic mass is 9.91. The van der Waals surface area contributed by atoms with Crippen LogP contribution in [0.25, 0.3) is 0 Å². The number of unbranched alkanes of at least 4 members (excludes halogenated alkanes) is 4. The van der Waals surface area contributed by atoms with Crippen molar-refractivity contribution < 1.29 is 23.9 Å². The molecule has 5 heteroatoms. The summed E-state index contributed by atoms with van der Waals surface area (Å²) < 4.78 is 10.2. The van der Waals surface area contributed by atoms with Crippen LogP contribution in [0.5, 0.6) is 0 Å². The molecule has 0 aliphatic heterocycles. The van der Waals surface area contributed by atoms with E-state index in [1.807, 2.05) is 12.2 Å². The lowest BCUT2D eigenvalue weighted by Gasteiger charge is -2.27. The molecule has 28 heavy (non-hydrogen) atoms. The van der Waals surface area contributed by atoms with Gasteiger partial charge in [-0.1, -0.05) is 50.1 Å². The predicted octanol–water partition coefficient (Wildman–Crippen LogP) is 4.78. The van der Waals surface area contributed by atoms with Gasteiger partial charge in [-0.25, -0.2) is 0 Å². The van der Waals surface area contributed by atoms with Crippen molar-refractivity contribution in [1.82, 2.24) is 0 Å². The van der Waals surface area contributed by atoms with E-state index in [0.29, 0.717) is 31.3 Å². The summed E-state index contributed by atoms with van der Waals surface area (Å²) in [6.07, 6.45) is 19.2. The van der Waals surface area contributed by atoms with Gasteiger partial charge in [-0.2, -0.15) is 0 Å². The Morgan fingerprint density at radius 3 is 2.54 bits per heavy atom. The molecule has 0 aromatic rings. The molecule has 0 amide bonds. The second kappa shape index (κ2) is 12.9. The number of hydrogen-bond donors (Lipinski definition) is 0. The van der Waals surface area contributed by atoms with Gasteiger partial charge in [-0.05, 0) is 37.8 Å². The minimum atomic E-state index is -1.04. The molecule has 1 atom stereocenters. The van der Waals surface area contributed by atoms with Crippen LogP contribution in [0.4, 0.5) is 0 Å². The summed E-state index contributed by atoms with van der Waals surface area (Å²) in [4.78, 5) is 35.1. The number of ketones is 1. The molecule has 0 fully saturated rings. The highest BCUT2D eigenvalue weighted by Gasteiger charge is 2.41. The molecule has 154 valence electrons. The Kier molecular flexibility index (Phi) is 10.8. The first-order valence-electron chi connectivity index (χ1n) is 9.97. The zero-order valence-electron chi connectivity index (χ0n) is 17.2. The maximum Gasteiger partial charge on any atom is 0.305 e. The third kappa shape index (κ3) is 8.07. The van der Waals surface area contributed by atoms with Crippen LogP contribution in [0.15, 0.2) is 48.1 Å². The second-order valence-electron chi connectivity index (χ2n) is 6.83. The van der Waals surface area contributed by atoms with Crippen molar-refractivity contribution in [3.63, 3.8) is 0 Å². The Bertz CT molecular complexity index is 654. The average Bonchev–Trinajstić information content (AvgIpc) is 2.96. The highest BCUT2D eigenvalue weighted by Crippen LogP contribution is 2.34. The van der Waals surface area contributed by atoms with Crippen molar-refractivity contribution in [2.75, 3.05) is 7.11 Å². The number of methoxy groups -OCH3 is 1. The third-order valence-corrected chi connectivity index (χ3v) is 4.49. The molecular weight excluding hydrogens is 356 g/mol. The Morgan fingerprint density at radius 1 is 1.11 bits per heavy atom. The molecule has 0 heterocycles. The van der Waals surface area contributed by atoms with Gasteiger partial charge >= 0.3 is 11.9 Å². The number of ether oxygens (including phenoxy) is 2. The topological polar surface area (TPSA) is 69.7 Å².